The minimum absolute atomic E-state index is 0.266. The normalized spacial score (nSPS) is 9.44. The number of carbonyl (C=O) groups is 1. The number of carboxylic acids is 1. The molecule has 5 nitrogen and oxygen atoms in total. The second kappa shape index (κ2) is 5.41. The number of hydrogen-bond acceptors (Lipinski definition) is 5. The molecular formula is C10H12N2O3S. The van der Waals surface area contributed by atoms with Gasteiger partial charge in [0.25, 0.3) is 0 Å². The molecule has 2 heterocycles. The largest absolute Gasteiger partial charge is 0.477 e. The highest BCUT2D eigenvalue weighted by atomic mass is 32.1. The van der Waals surface area contributed by atoms with Gasteiger partial charge in [0.2, 0.25) is 11.7 Å². The smallest absolute Gasteiger partial charge is 0.345 e. The zero-order valence-corrected chi connectivity index (χ0v) is 10.0. The fourth-order valence-corrected chi connectivity index (χ4v) is 1.74. The number of aromatic carboxylic acids is 1. The molecular weight excluding hydrogens is 228 g/mol. The van der Waals surface area contributed by atoms with Crippen LogP contribution in [0, 0.1) is 6.92 Å². The van der Waals surface area contributed by atoms with Crippen LogP contribution >= 0.6 is 11.3 Å². The molecule has 0 aliphatic carbocycles. The highest BCUT2D eigenvalue weighted by Gasteiger charge is 2.11. The van der Waals surface area contributed by atoms with E-state index in [4.69, 9.17) is 9.63 Å². The van der Waals surface area contributed by atoms with Crippen LogP contribution in [0.5, 0.6) is 0 Å². The molecule has 0 aliphatic rings. The second-order valence-corrected chi connectivity index (χ2v) is 3.69. The van der Waals surface area contributed by atoms with Crippen molar-refractivity contribution in [2.45, 2.75) is 20.8 Å². The number of rotatable bonds is 2. The SMILES string of the molecule is CC.Cc1nc(-c2ccc(C(=O)O)s2)no1. The topological polar surface area (TPSA) is 76.2 Å². The summed E-state index contributed by atoms with van der Waals surface area (Å²) in [6.07, 6.45) is 0. The van der Waals surface area contributed by atoms with E-state index in [-0.39, 0.29) is 4.88 Å². The summed E-state index contributed by atoms with van der Waals surface area (Å²) in [7, 11) is 0. The monoisotopic (exact) mass is 240 g/mol. The molecule has 0 aromatic carbocycles. The Morgan fingerprint density at radius 1 is 1.44 bits per heavy atom. The van der Waals surface area contributed by atoms with Crippen molar-refractivity contribution in [3.63, 3.8) is 0 Å². The first-order valence-electron chi connectivity index (χ1n) is 4.80. The van der Waals surface area contributed by atoms with Gasteiger partial charge in [-0.1, -0.05) is 19.0 Å². The van der Waals surface area contributed by atoms with Gasteiger partial charge in [0.1, 0.15) is 4.88 Å². The minimum Gasteiger partial charge on any atom is -0.477 e. The summed E-state index contributed by atoms with van der Waals surface area (Å²) in [5.74, 6) is -0.0493. The van der Waals surface area contributed by atoms with Crippen LogP contribution < -0.4 is 0 Å². The van der Waals surface area contributed by atoms with Crippen molar-refractivity contribution in [3.05, 3.63) is 22.9 Å². The van der Waals surface area contributed by atoms with E-state index in [0.29, 0.717) is 16.6 Å². The van der Waals surface area contributed by atoms with Gasteiger partial charge in [-0.2, -0.15) is 4.98 Å². The van der Waals surface area contributed by atoms with Crippen molar-refractivity contribution < 1.29 is 14.4 Å². The first-order valence-corrected chi connectivity index (χ1v) is 5.62. The third-order valence-corrected chi connectivity index (χ3v) is 2.63. The van der Waals surface area contributed by atoms with Gasteiger partial charge in [-0.15, -0.1) is 11.3 Å². The Kier molecular flexibility index (Phi) is 4.19. The number of carboxylic acid groups (broad SMARTS) is 1. The van der Waals surface area contributed by atoms with Crippen LogP contribution in [-0.4, -0.2) is 21.2 Å². The van der Waals surface area contributed by atoms with E-state index in [9.17, 15) is 4.79 Å². The second-order valence-electron chi connectivity index (χ2n) is 2.61. The number of aromatic nitrogens is 2. The van der Waals surface area contributed by atoms with Crippen LogP contribution in [0.1, 0.15) is 29.4 Å². The van der Waals surface area contributed by atoms with Crippen molar-refractivity contribution >= 4 is 17.3 Å². The van der Waals surface area contributed by atoms with Gasteiger partial charge in [-0.05, 0) is 12.1 Å². The fourth-order valence-electron chi connectivity index (χ4n) is 0.972. The van der Waals surface area contributed by atoms with Gasteiger partial charge in [0.05, 0.1) is 4.88 Å². The molecule has 0 bridgehead atoms. The van der Waals surface area contributed by atoms with E-state index in [1.54, 1.807) is 13.0 Å². The maximum absolute atomic E-state index is 10.6. The molecule has 0 fully saturated rings. The van der Waals surface area contributed by atoms with Gasteiger partial charge >= 0.3 is 5.97 Å². The summed E-state index contributed by atoms with van der Waals surface area (Å²) >= 11 is 1.12. The van der Waals surface area contributed by atoms with Crippen molar-refractivity contribution in [2.24, 2.45) is 0 Å². The number of thiophene rings is 1. The summed E-state index contributed by atoms with van der Waals surface area (Å²) < 4.78 is 4.79. The third-order valence-electron chi connectivity index (χ3n) is 1.56. The van der Waals surface area contributed by atoms with Gasteiger partial charge in [-0.3, -0.25) is 0 Å². The summed E-state index contributed by atoms with van der Waals surface area (Å²) in [6.45, 7) is 5.68. The molecule has 1 N–H and O–H groups in total. The molecule has 6 heteroatoms. The lowest BCUT2D eigenvalue weighted by atomic mass is 10.4. The van der Waals surface area contributed by atoms with E-state index in [1.807, 2.05) is 13.8 Å². The first-order chi connectivity index (χ1) is 7.66. The van der Waals surface area contributed by atoms with Crippen molar-refractivity contribution in [1.29, 1.82) is 0 Å². The highest BCUT2D eigenvalue weighted by molar-refractivity contribution is 7.17. The third kappa shape index (κ3) is 2.66. The predicted molar refractivity (Wildman–Crippen MR) is 60.7 cm³/mol. The lowest BCUT2D eigenvalue weighted by molar-refractivity contribution is 0.0702. The molecule has 0 radical (unpaired) electrons. The van der Waals surface area contributed by atoms with Crippen LogP contribution in [0.3, 0.4) is 0 Å². The molecule has 0 amide bonds. The zero-order valence-electron chi connectivity index (χ0n) is 9.22. The summed E-state index contributed by atoms with van der Waals surface area (Å²) in [6, 6.07) is 3.19. The summed E-state index contributed by atoms with van der Waals surface area (Å²) in [5, 5.41) is 12.4. The molecule has 86 valence electrons. The predicted octanol–water partition coefficient (Wildman–Crippen LogP) is 2.83. The van der Waals surface area contributed by atoms with Crippen LogP contribution in [0.4, 0.5) is 0 Å². The van der Waals surface area contributed by atoms with Gasteiger partial charge in [-0.25, -0.2) is 4.79 Å². The van der Waals surface area contributed by atoms with Gasteiger partial charge in [0.15, 0.2) is 0 Å². The molecule has 2 aromatic heterocycles. The van der Waals surface area contributed by atoms with Crippen molar-refractivity contribution in [2.75, 3.05) is 0 Å². The van der Waals surface area contributed by atoms with Gasteiger partial charge in [0, 0.05) is 6.92 Å². The van der Waals surface area contributed by atoms with E-state index in [1.165, 1.54) is 6.07 Å². The van der Waals surface area contributed by atoms with E-state index in [0.717, 1.165) is 11.3 Å². The summed E-state index contributed by atoms with van der Waals surface area (Å²) in [4.78, 5) is 15.6. The molecule has 2 aromatic rings. The number of aryl methyl sites for hydroxylation is 1. The fraction of sp³-hybridized carbons (Fsp3) is 0.300. The van der Waals surface area contributed by atoms with Crippen LogP contribution in [0.25, 0.3) is 10.7 Å². The van der Waals surface area contributed by atoms with Gasteiger partial charge < -0.3 is 9.63 Å². The van der Waals surface area contributed by atoms with E-state index < -0.39 is 5.97 Å². The molecule has 0 spiro atoms. The molecule has 0 aliphatic heterocycles. The molecule has 0 saturated heterocycles. The molecule has 16 heavy (non-hydrogen) atoms. The van der Waals surface area contributed by atoms with Crippen LogP contribution in [-0.2, 0) is 0 Å². The molecule has 0 saturated carbocycles. The quantitative estimate of drug-likeness (QED) is 0.873. The van der Waals surface area contributed by atoms with E-state index in [2.05, 4.69) is 10.1 Å². The van der Waals surface area contributed by atoms with Crippen LogP contribution in [0.15, 0.2) is 16.7 Å². The summed E-state index contributed by atoms with van der Waals surface area (Å²) in [5.41, 5.74) is 0. The lowest BCUT2D eigenvalue weighted by Gasteiger charge is -1.83. The maximum atomic E-state index is 10.6. The zero-order chi connectivity index (χ0) is 12.1. The van der Waals surface area contributed by atoms with Crippen LogP contribution in [0.2, 0.25) is 0 Å². The maximum Gasteiger partial charge on any atom is 0.345 e. The number of hydrogen-bond donors (Lipinski definition) is 1. The highest BCUT2D eigenvalue weighted by Crippen LogP contribution is 2.25. The lowest BCUT2D eigenvalue weighted by Crippen LogP contribution is -1.89. The Morgan fingerprint density at radius 3 is 2.56 bits per heavy atom. The number of nitrogens with zero attached hydrogens (tertiary/aromatic N) is 2. The average molecular weight is 240 g/mol. The molecule has 0 atom stereocenters. The molecule has 0 unspecified atom stereocenters. The van der Waals surface area contributed by atoms with Crippen molar-refractivity contribution in [3.8, 4) is 10.7 Å². The average Bonchev–Trinajstić information content (AvgIpc) is 2.88. The Balaban J connectivity index is 0.000000606. The van der Waals surface area contributed by atoms with E-state index >= 15 is 0 Å². The minimum atomic E-state index is -0.943. The molecule has 2 rings (SSSR count). The Morgan fingerprint density at radius 2 is 2.12 bits per heavy atom. The van der Waals surface area contributed by atoms with Crippen molar-refractivity contribution in [1.82, 2.24) is 10.1 Å². The Bertz CT molecular complexity index is 476. The Hall–Kier alpha value is -1.69. The first kappa shape index (κ1) is 12.4. The standard InChI is InChI=1S/C8H6N2O3S.C2H6/c1-4-9-7(10-13-4)5-2-3-6(14-5)8(11)12;1-2/h2-3H,1H3,(H,11,12);1-2H3. The Labute approximate surface area is 96.7 Å².